The molecular weight excluding hydrogens is 442 g/mol. The van der Waals surface area contributed by atoms with Crippen molar-refractivity contribution in [2.75, 3.05) is 5.32 Å². The van der Waals surface area contributed by atoms with Gasteiger partial charge in [0.1, 0.15) is 12.4 Å². The Morgan fingerprint density at radius 3 is 2.57 bits per heavy atom. The molecule has 1 aromatic heterocycles. The summed E-state index contributed by atoms with van der Waals surface area (Å²) in [4.78, 5) is 12.7. The van der Waals surface area contributed by atoms with E-state index in [1.807, 2.05) is 79.0 Å². The van der Waals surface area contributed by atoms with E-state index >= 15 is 0 Å². The number of hydrogen-bond acceptors (Lipinski definition) is 3. The summed E-state index contributed by atoms with van der Waals surface area (Å²) in [7, 11) is 0. The molecule has 0 aliphatic heterocycles. The standard InChI is InChI=1S/C24H20BrN3O2/c25-22-11-4-5-12-23(22)30-17-19-9-6-10-20(13-19)24(29)27-21-14-26-28(16-21)15-18-7-2-1-3-8-18/h1-14,16H,15,17H2,(H,27,29). The summed E-state index contributed by atoms with van der Waals surface area (Å²) in [6.45, 7) is 1.03. The average molecular weight is 462 g/mol. The Bertz CT molecular complexity index is 1140. The van der Waals surface area contributed by atoms with Crippen molar-refractivity contribution in [1.29, 1.82) is 0 Å². The minimum Gasteiger partial charge on any atom is -0.488 e. The van der Waals surface area contributed by atoms with Gasteiger partial charge in [-0.3, -0.25) is 9.48 Å². The Labute approximate surface area is 183 Å². The number of carbonyl (C=O) groups excluding carboxylic acids is 1. The minimum absolute atomic E-state index is 0.183. The van der Waals surface area contributed by atoms with Gasteiger partial charge in [0.15, 0.2) is 0 Å². The van der Waals surface area contributed by atoms with E-state index in [-0.39, 0.29) is 5.91 Å². The van der Waals surface area contributed by atoms with Crippen LogP contribution in [0.25, 0.3) is 0 Å². The molecule has 0 saturated carbocycles. The largest absolute Gasteiger partial charge is 0.488 e. The van der Waals surface area contributed by atoms with Crippen molar-refractivity contribution in [3.05, 3.63) is 112 Å². The predicted octanol–water partition coefficient (Wildman–Crippen LogP) is 5.53. The summed E-state index contributed by atoms with van der Waals surface area (Å²) in [6.07, 6.45) is 3.48. The maximum Gasteiger partial charge on any atom is 0.255 e. The first-order chi connectivity index (χ1) is 14.7. The molecule has 0 atom stereocenters. The molecule has 0 unspecified atom stereocenters. The van der Waals surface area contributed by atoms with Crippen LogP contribution in [0, 0.1) is 0 Å². The predicted molar refractivity (Wildman–Crippen MR) is 121 cm³/mol. The molecule has 0 aliphatic carbocycles. The molecule has 6 heteroatoms. The molecule has 3 aromatic carbocycles. The van der Waals surface area contributed by atoms with E-state index in [2.05, 4.69) is 26.3 Å². The second kappa shape index (κ2) is 9.41. The number of rotatable bonds is 7. The van der Waals surface area contributed by atoms with Gasteiger partial charge in [-0.05, 0) is 51.3 Å². The van der Waals surface area contributed by atoms with E-state index < -0.39 is 0 Å². The molecule has 0 saturated heterocycles. The number of amides is 1. The van der Waals surface area contributed by atoms with Crippen LogP contribution >= 0.6 is 15.9 Å². The maximum atomic E-state index is 12.7. The number of nitrogens with zero attached hydrogens (tertiary/aromatic N) is 2. The molecule has 30 heavy (non-hydrogen) atoms. The molecule has 0 radical (unpaired) electrons. The summed E-state index contributed by atoms with van der Waals surface area (Å²) in [6, 6.07) is 25.1. The summed E-state index contributed by atoms with van der Waals surface area (Å²) >= 11 is 3.47. The Kier molecular flexibility index (Phi) is 6.25. The Balaban J connectivity index is 1.38. The quantitative estimate of drug-likeness (QED) is 0.393. The van der Waals surface area contributed by atoms with E-state index in [0.29, 0.717) is 24.4 Å². The smallest absolute Gasteiger partial charge is 0.255 e. The van der Waals surface area contributed by atoms with E-state index in [0.717, 1.165) is 21.3 Å². The van der Waals surface area contributed by atoms with Crippen molar-refractivity contribution < 1.29 is 9.53 Å². The van der Waals surface area contributed by atoms with Crippen LogP contribution in [0.5, 0.6) is 5.75 Å². The van der Waals surface area contributed by atoms with Gasteiger partial charge in [-0.15, -0.1) is 0 Å². The molecule has 0 aliphatic rings. The molecule has 0 fully saturated rings. The normalized spacial score (nSPS) is 10.6. The maximum absolute atomic E-state index is 12.7. The second-order valence-electron chi connectivity index (χ2n) is 6.79. The van der Waals surface area contributed by atoms with Crippen LogP contribution in [0.3, 0.4) is 0 Å². The van der Waals surface area contributed by atoms with Gasteiger partial charge in [0.05, 0.1) is 22.9 Å². The zero-order valence-electron chi connectivity index (χ0n) is 16.2. The first kappa shape index (κ1) is 19.9. The van der Waals surface area contributed by atoms with Crippen LogP contribution in [-0.4, -0.2) is 15.7 Å². The van der Waals surface area contributed by atoms with Gasteiger partial charge in [0.2, 0.25) is 0 Å². The number of nitrogens with one attached hydrogen (secondary N) is 1. The lowest BCUT2D eigenvalue weighted by atomic mass is 10.1. The lowest BCUT2D eigenvalue weighted by Crippen LogP contribution is -2.12. The van der Waals surface area contributed by atoms with E-state index in [9.17, 15) is 4.79 Å². The number of ether oxygens (including phenoxy) is 1. The van der Waals surface area contributed by atoms with Gasteiger partial charge >= 0.3 is 0 Å². The van der Waals surface area contributed by atoms with Crippen molar-refractivity contribution in [2.24, 2.45) is 0 Å². The summed E-state index contributed by atoms with van der Waals surface area (Å²) in [5.41, 5.74) is 3.29. The molecule has 4 aromatic rings. The fourth-order valence-corrected chi connectivity index (χ4v) is 3.41. The zero-order valence-corrected chi connectivity index (χ0v) is 17.7. The highest BCUT2D eigenvalue weighted by Gasteiger charge is 2.09. The van der Waals surface area contributed by atoms with Gasteiger partial charge < -0.3 is 10.1 Å². The molecule has 1 amide bonds. The number of para-hydroxylation sites is 1. The molecule has 1 heterocycles. The average Bonchev–Trinajstić information content (AvgIpc) is 3.20. The van der Waals surface area contributed by atoms with Crippen LogP contribution in [0.1, 0.15) is 21.5 Å². The molecule has 1 N–H and O–H groups in total. The highest BCUT2D eigenvalue weighted by atomic mass is 79.9. The number of anilines is 1. The van der Waals surface area contributed by atoms with Crippen molar-refractivity contribution in [3.8, 4) is 5.75 Å². The highest BCUT2D eigenvalue weighted by Crippen LogP contribution is 2.24. The summed E-state index contributed by atoms with van der Waals surface area (Å²) in [5.74, 6) is 0.579. The SMILES string of the molecule is O=C(Nc1cnn(Cc2ccccc2)c1)c1cccc(COc2ccccc2Br)c1. The third-order valence-electron chi connectivity index (χ3n) is 4.50. The zero-order chi connectivity index (χ0) is 20.8. The van der Waals surface area contributed by atoms with Gasteiger partial charge in [0, 0.05) is 11.8 Å². The van der Waals surface area contributed by atoms with Gasteiger partial charge in [-0.25, -0.2) is 0 Å². The van der Waals surface area contributed by atoms with Gasteiger partial charge in [-0.2, -0.15) is 5.10 Å². The number of aromatic nitrogens is 2. The van der Waals surface area contributed by atoms with E-state index in [1.54, 1.807) is 16.9 Å². The third kappa shape index (κ3) is 5.15. The molecule has 0 bridgehead atoms. The number of carbonyl (C=O) groups is 1. The monoisotopic (exact) mass is 461 g/mol. The molecule has 150 valence electrons. The summed E-state index contributed by atoms with van der Waals surface area (Å²) in [5, 5.41) is 7.23. The lowest BCUT2D eigenvalue weighted by molar-refractivity contribution is 0.102. The van der Waals surface area contributed by atoms with Gasteiger partial charge in [0.25, 0.3) is 5.91 Å². The van der Waals surface area contributed by atoms with E-state index in [1.165, 1.54) is 0 Å². The number of hydrogen-bond donors (Lipinski definition) is 1. The van der Waals surface area contributed by atoms with E-state index in [4.69, 9.17) is 4.74 Å². The van der Waals surface area contributed by atoms with Crippen LogP contribution in [-0.2, 0) is 13.2 Å². The minimum atomic E-state index is -0.183. The van der Waals surface area contributed by atoms with Crippen molar-refractivity contribution in [1.82, 2.24) is 9.78 Å². The van der Waals surface area contributed by atoms with Crippen LogP contribution in [0.2, 0.25) is 0 Å². The first-order valence-corrected chi connectivity index (χ1v) is 10.3. The van der Waals surface area contributed by atoms with Crippen molar-refractivity contribution >= 4 is 27.5 Å². The van der Waals surface area contributed by atoms with Gasteiger partial charge in [-0.1, -0.05) is 54.6 Å². The fraction of sp³-hybridized carbons (Fsp3) is 0.0833. The second-order valence-corrected chi connectivity index (χ2v) is 7.64. The highest BCUT2D eigenvalue weighted by molar-refractivity contribution is 9.10. The fourth-order valence-electron chi connectivity index (χ4n) is 3.01. The lowest BCUT2D eigenvalue weighted by Gasteiger charge is -2.09. The number of halogens is 1. The Morgan fingerprint density at radius 1 is 0.967 bits per heavy atom. The van der Waals surface area contributed by atoms with Crippen LogP contribution in [0.4, 0.5) is 5.69 Å². The number of benzene rings is 3. The van der Waals surface area contributed by atoms with Crippen LogP contribution < -0.4 is 10.1 Å². The molecule has 0 spiro atoms. The third-order valence-corrected chi connectivity index (χ3v) is 5.15. The van der Waals surface area contributed by atoms with Crippen LogP contribution in [0.15, 0.2) is 95.7 Å². The molecule has 5 nitrogen and oxygen atoms in total. The van der Waals surface area contributed by atoms with Crippen molar-refractivity contribution in [3.63, 3.8) is 0 Å². The topological polar surface area (TPSA) is 56.2 Å². The first-order valence-electron chi connectivity index (χ1n) is 9.51. The Hall–Kier alpha value is -3.38. The molecular formula is C24H20BrN3O2. The van der Waals surface area contributed by atoms with Crippen molar-refractivity contribution in [2.45, 2.75) is 13.2 Å². The Morgan fingerprint density at radius 2 is 1.73 bits per heavy atom. The summed E-state index contributed by atoms with van der Waals surface area (Å²) < 4.78 is 8.54. The molecule has 4 rings (SSSR count).